The van der Waals surface area contributed by atoms with Gasteiger partial charge in [0.1, 0.15) is 4.88 Å². The molecule has 0 saturated carbocycles. The normalized spacial score (nSPS) is 10.4. The van der Waals surface area contributed by atoms with Crippen LogP contribution >= 0.6 is 27.3 Å². The smallest absolute Gasteiger partial charge is 0.348 e. The van der Waals surface area contributed by atoms with Crippen molar-refractivity contribution in [1.29, 1.82) is 0 Å². The number of thiophene rings is 1. The Morgan fingerprint density at radius 1 is 1.30 bits per heavy atom. The number of aryl methyl sites for hydroxylation is 2. The summed E-state index contributed by atoms with van der Waals surface area (Å²) in [4.78, 5) is 25.6. The molecule has 0 bridgehead atoms. The molecular weight excluding hydrogens is 378 g/mol. The standard InChI is InChI=1S/C17H18BrNO3S/c1-3-6-12-9-15(23-11(12)2)17(21)22-10-16(20)19-14-8-5-4-7-13(14)18/h4-5,7-9H,3,6,10H2,1-2H3,(H,19,20). The van der Waals surface area contributed by atoms with Crippen LogP contribution in [0, 0.1) is 6.92 Å². The van der Waals surface area contributed by atoms with Gasteiger partial charge in [0.25, 0.3) is 5.91 Å². The summed E-state index contributed by atoms with van der Waals surface area (Å²) >= 11 is 4.75. The Morgan fingerprint density at radius 2 is 2.04 bits per heavy atom. The summed E-state index contributed by atoms with van der Waals surface area (Å²) in [7, 11) is 0. The average molecular weight is 396 g/mol. The van der Waals surface area contributed by atoms with Gasteiger partial charge in [-0.3, -0.25) is 4.79 Å². The maximum Gasteiger partial charge on any atom is 0.348 e. The molecule has 6 heteroatoms. The number of esters is 1. The predicted octanol–water partition coefficient (Wildman–Crippen LogP) is 4.57. The minimum absolute atomic E-state index is 0.305. The first-order chi connectivity index (χ1) is 11.0. The molecule has 1 aromatic heterocycles. The predicted molar refractivity (Wildman–Crippen MR) is 96.1 cm³/mol. The fraction of sp³-hybridized carbons (Fsp3) is 0.294. The zero-order valence-corrected chi connectivity index (χ0v) is 15.4. The lowest BCUT2D eigenvalue weighted by atomic mass is 10.1. The van der Waals surface area contributed by atoms with Crippen LogP contribution < -0.4 is 5.32 Å². The third-order valence-electron chi connectivity index (χ3n) is 3.22. The average Bonchev–Trinajstić information content (AvgIpc) is 2.89. The number of hydrogen-bond donors (Lipinski definition) is 1. The third kappa shape index (κ3) is 4.91. The Morgan fingerprint density at radius 3 is 2.74 bits per heavy atom. The van der Waals surface area contributed by atoms with Gasteiger partial charge < -0.3 is 10.1 Å². The molecule has 2 aromatic rings. The molecule has 0 aliphatic heterocycles. The van der Waals surface area contributed by atoms with Crippen molar-refractivity contribution >= 4 is 44.8 Å². The van der Waals surface area contributed by atoms with Gasteiger partial charge >= 0.3 is 5.97 Å². The second-order valence-electron chi connectivity index (χ2n) is 5.05. The van der Waals surface area contributed by atoms with Crippen molar-refractivity contribution in [2.24, 2.45) is 0 Å². The molecule has 0 radical (unpaired) electrons. The molecule has 4 nitrogen and oxygen atoms in total. The topological polar surface area (TPSA) is 55.4 Å². The number of amides is 1. The van der Waals surface area contributed by atoms with E-state index in [-0.39, 0.29) is 12.5 Å². The zero-order chi connectivity index (χ0) is 16.8. The highest BCUT2D eigenvalue weighted by molar-refractivity contribution is 9.10. The summed E-state index contributed by atoms with van der Waals surface area (Å²) in [5.74, 6) is -0.824. The SMILES string of the molecule is CCCc1cc(C(=O)OCC(=O)Nc2ccccc2Br)sc1C. The van der Waals surface area contributed by atoms with Gasteiger partial charge in [0.15, 0.2) is 6.61 Å². The molecule has 2 rings (SSSR count). The van der Waals surface area contributed by atoms with E-state index in [9.17, 15) is 9.59 Å². The van der Waals surface area contributed by atoms with Crippen molar-refractivity contribution in [3.8, 4) is 0 Å². The van der Waals surface area contributed by atoms with E-state index in [1.807, 2.05) is 31.2 Å². The van der Waals surface area contributed by atoms with Gasteiger partial charge in [-0.05, 0) is 53.0 Å². The van der Waals surface area contributed by atoms with E-state index in [1.54, 1.807) is 6.07 Å². The summed E-state index contributed by atoms with van der Waals surface area (Å²) in [6.07, 6.45) is 1.97. The molecule has 1 amide bonds. The Labute approximate surface area is 148 Å². The molecular formula is C17H18BrNO3S. The third-order valence-corrected chi connectivity index (χ3v) is 4.99. The molecule has 122 valence electrons. The number of carbonyl (C=O) groups is 2. The van der Waals surface area contributed by atoms with Gasteiger partial charge in [0, 0.05) is 9.35 Å². The fourth-order valence-electron chi connectivity index (χ4n) is 2.09. The minimum atomic E-state index is -0.456. The quantitative estimate of drug-likeness (QED) is 0.728. The summed E-state index contributed by atoms with van der Waals surface area (Å²) in [5, 5.41) is 2.69. The lowest BCUT2D eigenvalue weighted by Gasteiger charge is -2.07. The Kier molecular flexibility index (Phi) is 6.36. The van der Waals surface area contributed by atoms with Crippen LogP contribution in [0.4, 0.5) is 5.69 Å². The van der Waals surface area contributed by atoms with Crippen molar-refractivity contribution in [2.45, 2.75) is 26.7 Å². The van der Waals surface area contributed by atoms with E-state index >= 15 is 0 Å². The molecule has 0 fully saturated rings. The maximum absolute atomic E-state index is 12.0. The zero-order valence-electron chi connectivity index (χ0n) is 13.0. The molecule has 1 aromatic carbocycles. The van der Waals surface area contributed by atoms with Crippen LogP contribution in [-0.2, 0) is 16.0 Å². The first-order valence-electron chi connectivity index (χ1n) is 7.32. The molecule has 1 heterocycles. The van der Waals surface area contributed by atoms with E-state index in [0.29, 0.717) is 10.6 Å². The van der Waals surface area contributed by atoms with Crippen LogP contribution in [0.25, 0.3) is 0 Å². The van der Waals surface area contributed by atoms with Crippen LogP contribution in [-0.4, -0.2) is 18.5 Å². The highest BCUT2D eigenvalue weighted by Gasteiger charge is 2.15. The monoisotopic (exact) mass is 395 g/mol. The van der Waals surface area contributed by atoms with E-state index < -0.39 is 5.97 Å². The van der Waals surface area contributed by atoms with Crippen LogP contribution in [0.5, 0.6) is 0 Å². The molecule has 0 unspecified atom stereocenters. The summed E-state index contributed by atoms with van der Waals surface area (Å²) in [6.45, 7) is 3.79. The van der Waals surface area contributed by atoms with E-state index in [2.05, 4.69) is 28.2 Å². The van der Waals surface area contributed by atoms with E-state index in [0.717, 1.165) is 22.2 Å². The highest BCUT2D eigenvalue weighted by atomic mass is 79.9. The molecule has 0 spiro atoms. The molecule has 0 aliphatic carbocycles. The van der Waals surface area contributed by atoms with Crippen LogP contribution in [0.15, 0.2) is 34.8 Å². The summed E-state index contributed by atoms with van der Waals surface area (Å²) in [5.41, 5.74) is 1.81. The van der Waals surface area contributed by atoms with E-state index in [1.165, 1.54) is 16.9 Å². The Hall–Kier alpha value is -1.66. The highest BCUT2D eigenvalue weighted by Crippen LogP contribution is 2.24. The Bertz CT molecular complexity index is 712. The minimum Gasteiger partial charge on any atom is -0.451 e. The fourth-order valence-corrected chi connectivity index (χ4v) is 3.44. The lowest BCUT2D eigenvalue weighted by molar-refractivity contribution is -0.119. The Balaban J connectivity index is 1.90. The van der Waals surface area contributed by atoms with Gasteiger partial charge in [0.2, 0.25) is 0 Å². The number of carbonyl (C=O) groups excluding carboxylic acids is 2. The van der Waals surface area contributed by atoms with Gasteiger partial charge in [-0.2, -0.15) is 0 Å². The summed E-state index contributed by atoms with van der Waals surface area (Å²) < 4.78 is 5.87. The van der Waals surface area contributed by atoms with Gasteiger partial charge in [-0.25, -0.2) is 4.79 Å². The second-order valence-corrected chi connectivity index (χ2v) is 7.16. The number of anilines is 1. The molecule has 0 atom stereocenters. The molecule has 0 saturated heterocycles. The van der Waals surface area contributed by atoms with Crippen molar-refractivity contribution in [1.82, 2.24) is 0 Å². The molecule has 23 heavy (non-hydrogen) atoms. The van der Waals surface area contributed by atoms with Crippen molar-refractivity contribution in [2.75, 3.05) is 11.9 Å². The lowest BCUT2D eigenvalue weighted by Crippen LogP contribution is -2.20. The number of rotatable bonds is 6. The first-order valence-corrected chi connectivity index (χ1v) is 8.93. The summed E-state index contributed by atoms with van der Waals surface area (Å²) in [6, 6.07) is 9.12. The number of hydrogen-bond acceptors (Lipinski definition) is 4. The van der Waals surface area contributed by atoms with Crippen molar-refractivity contribution in [3.63, 3.8) is 0 Å². The van der Waals surface area contributed by atoms with Crippen LogP contribution in [0.3, 0.4) is 0 Å². The van der Waals surface area contributed by atoms with Gasteiger partial charge in [-0.1, -0.05) is 25.5 Å². The van der Waals surface area contributed by atoms with E-state index in [4.69, 9.17) is 4.74 Å². The number of benzene rings is 1. The number of halogens is 1. The van der Waals surface area contributed by atoms with Gasteiger partial charge in [0.05, 0.1) is 5.69 Å². The molecule has 1 N–H and O–H groups in total. The van der Waals surface area contributed by atoms with Crippen LogP contribution in [0.1, 0.15) is 33.5 Å². The number of nitrogens with one attached hydrogen (secondary N) is 1. The number of ether oxygens (including phenoxy) is 1. The largest absolute Gasteiger partial charge is 0.451 e. The molecule has 0 aliphatic rings. The van der Waals surface area contributed by atoms with Gasteiger partial charge in [-0.15, -0.1) is 11.3 Å². The van der Waals surface area contributed by atoms with Crippen molar-refractivity contribution < 1.29 is 14.3 Å². The maximum atomic E-state index is 12.0. The van der Waals surface area contributed by atoms with Crippen molar-refractivity contribution in [3.05, 3.63) is 50.1 Å². The number of para-hydroxylation sites is 1. The first kappa shape index (κ1) is 17.7. The van der Waals surface area contributed by atoms with Crippen LogP contribution in [0.2, 0.25) is 0 Å². The second kappa shape index (κ2) is 8.26.